The van der Waals surface area contributed by atoms with Gasteiger partial charge in [0.25, 0.3) is 10.0 Å². The molecule has 0 aliphatic carbocycles. The van der Waals surface area contributed by atoms with E-state index in [2.05, 4.69) is 10.0 Å². The van der Waals surface area contributed by atoms with Crippen molar-refractivity contribution in [1.29, 1.82) is 0 Å². The van der Waals surface area contributed by atoms with Crippen LogP contribution in [-0.4, -0.2) is 46.0 Å². The highest BCUT2D eigenvalue weighted by Gasteiger charge is 2.27. The van der Waals surface area contributed by atoms with E-state index in [9.17, 15) is 18.3 Å². The Kier molecular flexibility index (Phi) is 6.30. The molecule has 156 valence electrons. The van der Waals surface area contributed by atoms with Crippen LogP contribution in [0.5, 0.6) is 17.2 Å². The minimum Gasteiger partial charge on any atom is -0.492 e. The van der Waals surface area contributed by atoms with Crippen LogP contribution < -0.4 is 24.2 Å². The minimum atomic E-state index is -3.85. The van der Waals surface area contributed by atoms with Crippen molar-refractivity contribution in [2.75, 3.05) is 25.2 Å². The van der Waals surface area contributed by atoms with Gasteiger partial charge in [-0.15, -0.1) is 11.3 Å². The van der Waals surface area contributed by atoms with Crippen LogP contribution in [0, 0.1) is 0 Å². The fourth-order valence-corrected chi connectivity index (χ4v) is 4.62. The molecule has 1 aromatic carbocycles. The standard InChI is InChI=1S/C18H20N2O7S2/c1-11(21)9-19-15(22)6-5-12-13(20-29(23,24)16-4-3-7-28-16)8-14-18(17(12)25-2)27-10-26-14/h3-8,11,20-21H,9-10H2,1-2H3,(H,19,22)/b6-5+. The van der Waals surface area contributed by atoms with Crippen molar-refractivity contribution < 1.29 is 32.5 Å². The molecule has 1 amide bonds. The quantitative estimate of drug-likeness (QED) is 0.535. The van der Waals surface area contributed by atoms with Gasteiger partial charge >= 0.3 is 0 Å². The normalized spacial score (nSPS) is 14.0. The van der Waals surface area contributed by atoms with Crippen LogP contribution in [0.3, 0.4) is 0 Å². The van der Waals surface area contributed by atoms with Crippen LogP contribution in [0.25, 0.3) is 6.08 Å². The van der Waals surface area contributed by atoms with E-state index in [0.29, 0.717) is 17.1 Å². The third-order valence-electron chi connectivity index (χ3n) is 3.84. The van der Waals surface area contributed by atoms with Gasteiger partial charge in [0, 0.05) is 24.3 Å². The van der Waals surface area contributed by atoms with Crippen LogP contribution in [0.1, 0.15) is 12.5 Å². The average molecular weight is 440 g/mol. The van der Waals surface area contributed by atoms with Crippen molar-refractivity contribution in [2.24, 2.45) is 0 Å². The monoisotopic (exact) mass is 440 g/mol. The number of rotatable bonds is 8. The maximum Gasteiger partial charge on any atom is 0.271 e. The van der Waals surface area contributed by atoms with E-state index in [0.717, 1.165) is 11.3 Å². The van der Waals surface area contributed by atoms with E-state index < -0.39 is 22.0 Å². The molecule has 11 heteroatoms. The number of methoxy groups -OCH3 is 1. The van der Waals surface area contributed by atoms with E-state index in [1.807, 2.05) is 0 Å². The number of anilines is 1. The maximum absolute atomic E-state index is 12.7. The molecule has 1 aliphatic rings. The van der Waals surface area contributed by atoms with E-state index in [1.165, 1.54) is 31.4 Å². The number of carbonyl (C=O) groups excluding carboxylic acids is 1. The number of aliphatic hydroxyl groups is 1. The lowest BCUT2D eigenvalue weighted by molar-refractivity contribution is -0.116. The van der Waals surface area contributed by atoms with Crippen molar-refractivity contribution in [2.45, 2.75) is 17.2 Å². The maximum atomic E-state index is 12.7. The average Bonchev–Trinajstić information content (AvgIpc) is 3.35. The van der Waals surface area contributed by atoms with Gasteiger partial charge < -0.3 is 24.6 Å². The van der Waals surface area contributed by atoms with Crippen molar-refractivity contribution in [3.8, 4) is 17.2 Å². The van der Waals surface area contributed by atoms with Crippen LogP contribution in [0.15, 0.2) is 33.9 Å². The van der Waals surface area contributed by atoms with Crippen molar-refractivity contribution >= 4 is 39.0 Å². The van der Waals surface area contributed by atoms with Gasteiger partial charge in [-0.25, -0.2) is 8.42 Å². The number of ether oxygens (including phenoxy) is 3. The highest BCUT2D eigenvalue weighted by Crippen LogP contribution is 2.47. The molecule has 2 aromatic rings. The van der Waals surface area contributed by atoms with Crippen LogP contribution >= 0.6 is 11.3 Å². The number of benzene rings is 1. The molecule has 1 unspecified atom stereocenters. The Morgan fingerprint density at radius 2 is 2.24 bits per heavy atom. The molecular weight excluding hydrogens is 420 g/mol. The van der Waals surface area contributed by atoms with Crippen molar-refractivity contribution in [3.05, 3.63) is 35.2 Å². The summed E-state index contributed by atoms with van der Waals surface area (Å²) in [7, 11) is -2.44. The SMILES string of the molecule is COc1c(/C=C/C(=O)NCC(C)O)c(NS(=O)(=O)c2cccs2)cc2c1OCO2. The Bertz CT molecular complexity index is 1020. The van der Waals surface area contributed by atoms with Gasteiger partial charge in [0.2, 0.25) is 18.4 Å². The van der Waals surface area contributed by atoms with Gasteiger partial charge in [-0.05, 0) is 24.4 Å². The molecule has 0 fully saturated rings. The Balaban J connectivity index is 2.00. The smallest absolute Gasteiger partial charge is 0.271 e. The molecule has 1 aromatic heterocycles. The zero-order chi connectivity index (χ0) is 21.0. The fourth-order valence-electron chi connectivity index (χ4n) is 2.56. The molecule has 2 heterocycles. The number of carbonyl (C=O) groups is 1. The highest BCUT2D eigenvalue weighted by atomic mass is 32.2. The first-order valence-corrected chi connectivity index (χ1v) is 10.9. The Morgan fingerprint density at radius 1 is 1.45 bits per heavy atom. The number of amides is 1. The first-order chi connectivity index (χ1) is 13.8. The van der Waals surface area contributed by atoms with Gasteiger partial charge in [-0.1, -0.05) is 6.07 Å². The zero-order valence-corrected chi connectivity index (χ0v) is 17.3. The van der Waals surface area contributed by atoms with Gasteiger partial charge in [0.05, 0.1) is 18.9 Å². The molecule has 0 radical (unpaired) electrons. The number of thiophene rings is 1. The largest absolute Gasteiger partial charge is 0.492 e. The molecular formula is C18H20N2O7S2. The zero-order valence-electron chi connectivity index (χ0n) is 15.7. The molecule has 9 nitrogen and oxygen atoms in total. The fraction of sp³-hybridized carbons (Fsp3) is 0.278. The molecule has 3 N–H and O–H groups in total. The van der Waals surface area contributed by atoms with Crippen LogP contribution in [0.2, 0.25) is 0 Å². The molecule has 0 spiro atoms. The topological polar surface area (TPSA) is 123 Å². The Hall–Kier alpha value is -2.76. The summed E-state index contributed by atoms with van der Waals surface area (Å²) in [6, 6.07) is 4.59. The number of sulfonamides is 1. The molecule has 0 bridgehead atoms. The number of hydrogen-bond donors (Lipinski definition) is 3. The van der Waals surface area contributed by atoms with Gasteiger partial charge in [-0.3, -0.25) is 9.52 Å². The molecule has 1 atom stereocenters. The lowest BCUT2D eigenvalue weighted by Gasteiger charge is -2.15. The molecule has 0 saturated carbocycles. The summed E-state index contributed by atoms with van der Waals surface area (Å²) in [5, 5.41) is 13.4. The summed E-state index contributed by atoms with van der Waals surface area (Å²) in [4.78, 5) is 12.0. The minimum absolute atomic E-state index is 0.0369. The summed E-state index contributed by atoms with van der Waals surface area (Å²) >= 11 is 1.07. The third-order valence-corrected chi connectivity index (χ3v) is 6.60. The highest BCUT2D eigenvalue weighted by molar-refractivity contribution is 7.94. The number of hydrogen-bond acceptors (Lipinski definition) is 8. The van der Waals surface area contributed by atoms with Gasteiger partial charge in [-0.2, -0.15) is 0 Å². The molecule has 0 saturated heterocycles. The second kappa shape index (κ2) is 8.72. The number of fused-ring (bicyclic) bond motifs is 1. The first kappa shape index (κ1) is 21.0. The van der Waals surface area contributed by atoms with Crippen LogP contribution in [0.4, 0.5) is 5.69 Å². The predicted molar refractivity (Wildman–Crippen MR) is 108 cm³/mol. The van der Waals surface area contributed by atoms with E-state index in [-0.39, 0.29) is 29.0 Å². The molecule has 1 aliphatic heterocycles. The summed E-state index contributed by atoms with van der Waals surface area (Å²) < 4.78 is 44.2. The lowest BCUT2D eigenvalue weighted by atomic mass is 10.1. The third kappa shape index (κ3) is 4.81. The number of nitrogens with one attached hydrogen (secondary N) is 2. The predicted octanol–water partition coefficient (Wildman–Crippen LogP) is 1.80. The van der Waals surface area contributed by atoms with E-state index in [1.54, 1.807) is 18.4 Å². The van der Waals surface area contributed by atoms with Crippen LogP contribution in [-0.2, 0) is 14.8 Å². The van der Waals surface area contributed by atoms with Gasteiger partial charge in [0.1, 0.15) is 4.21 Å². The summed E-state index contributed by atoms with van der Waals surface area (Å²) in [6.45, 7) is 1.59. The van der Waals surface area contributed by atoms with E-state index >= 15 is 0 Å². The Morgan fingerprint density at radius 3 is 2.90 bits per heavy atom. The lowest BCUT2D eigenvalue weighted by Crippen LogP contribution is -2.28. The number of aliphatic hydroxyl groups excluding tert-OH is 1. The summed E-state index contributed by atoms with van der Waals surface area (Å²) in [5.41, 5.74) is 0.461. The van der Waals surface area contributed by atoms with Crippen molar-refractivity contribution in [3.63, 3.8) is 0 Å². The second-order valence-electron chi connectivity index (χ2n) is 6.07. The Labute approximate surface area is 172 Å². The summed E-state index contributed by atoms with van der Waals surface area (Å²) in [5.74, 6) is 0.401. The molecule has 29 heavy (non-hydrogen) atoms. The first-order valence-electron chi connectivity index (χ1n) is 8.52. The molecule has 3 rings (SSSR count). The van der Waals surface area contributed by atoms with E-state index in [4.69, 9.17) is 14.2 Å². The van der Waals surface area contributed by atoms with Gasteiger partial charge in [0.15, 0.2) is 11.5 Å². The second-order valence-corrected chi connectivity index (χ2v) is 8.93. The summed E-state index contributed by atoms with van der Waals surface area (Å²) in [6.07, 6.45) is 1.93. The van der Waals surface area contributed by atoms with Crippen molar-refractivity contribution in [1.82, 2.24) is 5.32 Å².